The Hall–Kier alpha value is -1.12. The van der Waals surface area contributed by atoms with Crippen LogP contribution in [-0.2, 0) is 11.3 Å². The molecule has 2 aromatic rings. The highest BCUT2D eigenvalue weighted by Gasteiger charge is 2.21. The predicted molar refractivity (Wildman–Crippen MR) is 72.3 cm³/mol. The van der Waals surface area contributed by atoms with Gasteiger partial charge in [0.05, 0.1) is 21.2 Å². The van der Waals surface area contributed by atoms with Crippen molar-refractivity contribution in [3.05, 3.63) is 17.4 Å². The predicted octanol–water partition coefficient (Wildman–Crippen LogP) is 1.90. The monoisotopic (exact) mass is 285 g/mol. The van der Waals surface area contributed by atoms with E-state index in [4.69, 9.17) is 16.0 Å². The Kier molecular flexibility index (Phi) is 3.60. The molecule has 0 saturated carbocycles. The number of nitrogens with zero attached hydrogens (tertiary/aromatic N) is 3. The zero-order valence-corrected chi connectivity index (χ0v) is 12.1. The molecule has 0 atom stereocenters. The molecular weight excluding hydrogens is 270 g/mol. The first-order valence-electron chi connectivity index (χ1n) is 5.34. The van der Waals surface area contributed by atoms with Gasteiger partial charge in [-0.3, -0.25) is 0 Å². The van der Waals surface area contributed by atoms with Gasteiger partial charge in [-0.05, 0) is 20.8 Å². The summed E-state index contributed by atoms with van der Waals surface area (Å²) in [4.78, 5) is 8.42. The summed E-state index contributed by atoms with van der Waals surface area (Å²) in [7, 11) is 0. The standard InChI is InChI=1S/C10H15N5OS2/c1-5-7(18-9(11)13-5)17-4-6-14-8(15-16-6)10(2,3)12/h4,12H2,1-3H3,(H2,11,13). The molecule has 2 heterocycles. The van der Waals surface area contributed by atoms with Crippen LogP contribution < -0.4 is 11.5 Å². The largest absolute Gasteiger partial charge is 0.375 e. The van der Waals surface area contributed by atoms with E-state index in [1.54, 1.807) is 11.8 Å². The Morgan fingerprint density at radius 1 is 1.39 bits per heavy atom. The molecule has 2 aromatic heterocycles. The zero-order chi connectivity index (χ0) is 13.3. The number of thiazole rings is 1. The number of aryl methyl sites for hydroxylation is 1. The minimum atomic E-state index is -0.586. The van der Waals surface area contributed by atoms with Gasteiger partial charge in [-0.1, -0.05) is 16.5 Å². The lowest BCUT2D eigenvalue weighted by Gasteiger charge is -2.11. The lowest BCUT2D eigenvalue weighted by molar-refractivity contribution is 0.370. The maximum atomic E-state index is 5.89. The third-order valence-electron chi connectivity index (χ3n) is 2.14. The molecule has 0 spiro atoms. The van der Waals surface area contributed by atoms with Crippen LogP contribution in [0.15, 0.2) is 8.73 Å². The van der Waals surface area contributed by atoms with Crippen LogP contribution in [0.2, 0.25) is 0 Å². The fraction of sp³-hybridized carbons (Fsp3) is 0.500. The van der Waals surface area contributed by atoms with Crippen LogP contribution in [0.1, 0.15) is 31.3 Å². The zero-order valence-electron chi connectivity index (χ0n) is 10.4. The summed E-state index contributed by atoms with van der Waals surface area (Å²) < 4.78 is 6.22. The van der Waals surface area contributed by atoms with Gasteiger partial charge in [0.2, 0.25) is 5.89 Å². The number of rotatable bonds is 4. The average Bonchev–Trinajstić information content (AvgIpc) is 2.81. The molecule has 8 heteroatoms. The van der Waals surface area contributed by atoms with Crippen molar-refractivity contribution in [1.82, 2.24) is 15.1 Å². The van der Waals surface area contributed by atoms with Gasteiger partial charge in [-0.15, -0.1) is 11.8 Å². The van der Waals surface area contributed by atoms with E-state index in [-0.39, 0.29) is 0 Å². The van der Waals surface area contributed by atoms with E-state index in [1.807, 2.05) is 20.8 Å². The van der Waals surface area contributed by atoms with Crippen molar-refractivity contribution in [2.24, 2.45) is 5.73 Å². The summed E-state index contributed by atoms with van der Waals surface area (Å²) in [5.41, 5.74) is 11.9. The van der Waals surface area contributed by atoms with Crippen molar-refractivity contribution in [2.75, 3.05) is 5.73 Å². The highest BCUT2D eigenvalue weighted by molar-refractivity contribution is 8.00. The molecule has 4 N–H and O–H groups in total. The van der Waals surface area contributed by atoms with Crippen LogP contribution in [0.4, 0.5) is 5.13 Å². The van der Waals surface area contributed by atoms with Gasteiger partial charge in [0.25, 0.3) is 0 Å². The van der Waals surface area contributed by atoms with E-state index in [0.717, 1.165) is 9.90 Å². The minimum absolute atomic E-state index is 0.513. The molecule has 0 fully saturated rings. The molecule has 0 bridgehead atoms. The summed E-state index contributed by atoms with van der Waals surface area (Å²) >= 11 is 3.04. The molecule has 0 saturated heterocycles. The van der Waals surface area contributed by atoms with E-state index >= 15 is 0 Å². The summed E-state index contributed by atoms with van der Waals surface area (Å²) in [5.74, 6) is 1.66. The lowest BCUT2D eigenvalue weighted by Crippen LogP contribution is -2.30. The molecule has 0 aliphatic rings. The normalized spacial score (nSPS) is 12.0. The van der Waals surface area contributed by atoms with Crippen LogP contribution in [-0.4, -0.2) is 15.1 Å². The maximum Gasteiger partial charge on any atom is 0.237 e. The molecule has 18 heavy (non-hydrogen) atoms. The average molecular weight is 285 g/mol. The Balaban J connectivity index is 2.03. The van der Waals surface area contributed by atoms with Crippen molar-refractivity contribution in [2.45, 2.75) is 36.3 Å². The van der Waals surface area contributed by atoms with E-state index in [1.165, 1.54) is 11.3 Å². The van der Waals surface area contributed by atoms with E-state index in [2.05, 4.69) is 15.1 Å². The summed E-state index contributed by atoms with van der Waals surface area (Å²) in [6.45, 7) is 5.60. The molecule has 6 nitrogen and oxygen atoms in total. The number of thioether (sulfide) groups is 1. The molecule has 0 aromatic carbocycles. The van der Waals surface area contributed by atoms with Gasteiger partial charge in [0, 0.05) is 0 Å². The Morgan fingerprint density at radius 3 is 2.61 bits per heavy atom. The van der Waals surface area contributed by atoms with Crippen LogP contribution >= 0.6 is 23.1 Å². The summed E-state index contributed by atoms with van der Waals surface area (Å²) in [5, 5.41) is 4.44. The number of anilines is 1. The second-order valence-electron chi connectivity index (χ2n) is 4.45. The molecular formula is C10H15N5OS2. The number of hydrogen-bond donors (Lipinski definition) is 2. The second kappa shape index (κ2) is 4.87. The van der Waals surface area contributed by atoms with Crippen LogP contribution in [0.25, 0.3) is 0 Å². The number of aromatic nitrogens is 3. The van der Waals surface area contributed by atoms with Crippen molar-refractivity contribution >= 4 is 28.2 Å². The second-order valence-corrected chi connectivity index (χ2v) is 6.72. The molecule has 2 rings (SSSR count). The number of nitrogens with two attached hydrogens (primary N) is 2. The fourth-order valence-corrected chi connectivity index (χ4v) is 3.10. The fourth-order valence-electron chi connectivity index (χ4n) is 1.24. The van der Waals surface area contributed by atoms with Crippen molar-refractivity contribution in [1.29, 1.82) is 0 Å². The van der Waals surface area contributed by atoms with Gasteiger partial charge in [0.15, 0.2) is 11.0 Å². The summed E-state index contributed by atoms with van der Waals surface area (Å²) in [6, 6.07) is 0. The maximum absolute atomic E-state index is 5.89. The number of hydrogen-bond acceptors (Lipinski definition) is 8. The Morgan fingerprint density at radius 2 is 2.11 bits per heavy atom. The molecule has 0 aliphatic carbocycles. The molecule has 0 radical (unpaired) electrons. The van der Waals surface area contributed by atoms with Crippen molar-refractivity contribution in [3.8, 4) is 0 Å². The van der Waals surface area contributed by atoms with Gasteiger partial charge < -0.3 is 16.0 Å². The SMILES string of the molecule is Cc1nc(N)sc1SCc1nc(C(C)(C)N)no1. The third-order valence-corrected chi connectivity index (χ3v) is 4.48. The molecule has 0 aliphatic heterocycles. The summed E-state index contributed by atoms with van der Waals surface area (Å²) in [6.07, 6.45) is 0. The third kappa shape index (κ3) is 3.01. The molecule has 0 amide bonds. The van der Waals surface area contributed by atoms with Crippen LogP contribution in [0.5, 0.6) is 0 Å². The Labute approximate surface area is 113 Å². The van der Waals surface area contributed by atoms with Gasteiger partial charge >= 0.3 is 0 Å². The quantitative estimate of drug-likeness (QED) is 0.827. The van der Waals surface area contributed by atoms with Gasteiger partial charge in [-0.25, -0.2) is 4.98 Å². The lowest BCUT2D eigenvalue weighted by atomic mass is 10.1. The smallest absolute Gasteiger partial charge is 0.237 e. The van der Waals surface area contributed by atoms with E-state index in [9.17, 15) is 0 Å². The van der Waals surface area contributed by atoms with Crippen molar-refractivity contribution < 1.29 is 4.52 Å². The van der Waals surface area contributed by atoms with E-state index in [0.29, 0.717) is 22.6 Å². The highest BCUT2D eigenvalue weighted by Crippen LogP contribution is 2.32. The minimum Gasteiger partial charge on any atom is -0.375 e. The topological polar surface area (TPSA) is 104 Å². The molecule has 0 unspecified atom stereocenters. The van der Waals surface area contributed by atoms with Gasteiger partial charge in [0.1, 0.15) is 0 Å². The number of nitrogen functional groups attached to an aromatic ring is 1. The first-order chi connectivity index (χ1) is 8.36. The molecule has 98 valence electrons. The van der Waals surface area contributed by atoms with E-state index < -0.39 is 5.54 Å². The van der Waals surface area contributed by atoms with Crippen molar-refractivity contribution in [3.63, 3.8) is 0 Å². The van der Waals surface area contributed by atoms with Gasteiger partial charge in [-0.2, -0.15) is 4.98 Å². The first-order valence-corrected chi connectivity index (χ1v) is 7.14. The Bertz CT molecular complexity index is 543. The van der Waals surface area contributed by atoms with Crippen LogP contribution in [0, 0.1) is 6.92 Å². The van der Waals surface area contributed by atoms with Crippen LogP contribution in [0.3, 0.4) is 0 Å². The highest BCUT2D eigenvalue weighted by atomic mass is 32.2. The first kappa shape index (κ1) is 13.3.